The Morgan fingerprint density at radius 2 is 1.79 bits per heavy atom. The van der Waals surface area contributed by atoms with Crippen LogP contribution in [0.4, 0.5) is 17.1 Å². The van der Waals surface area contributed by atoms with Crippen LogP contribution in [-0.4, -0.2) is 5.91 Å². The highest BCUT2D eigenvalue weighted by molar-refractivity contribution is 6.36. The summed E-state index contributed by atoms with van der Waals surface area (Å²) in [6, 6.07) is 9.77. The first-order chi connectivity index (χ1) is 8.97. The summed E-state index contributed by atoms with van der Waals surface area (Å²) in [5.74, 6) is -0.549. The molecule has 0 aromatic heterocycles. The maximum absolute atomic E-state index is 11.3. The fraction of sp³-hybridized carbons (Fsp3) is 0. The van der Waals surface area contributed by atoms with Crippen LogP contribution in [-0.2, 0) is 0 Å². The van der Waals surface area contributed by atoms with E-state index in [4.69, 9.17) is 34.7 Å². The zero-order valence-electron chi connectivity index (χ0n) is 9.78. The van der Waals surface area contributed by atoms with Gasteiger partial charge in [-0.1, -0.05) is 23.2 Å². The van der Waals surface area contributed by atoms with Crippen molar-refractivity contribution in [1.82, 2.24) is 0 Å². The fourth-order valence-corrected chi connectivity index (χ4v) is 2.07. The number of rotatable bonds is 3. The number of amides is 1. The van der Waals surface area contributed by atoms with E-state index in [-0.39, 0.29) is 0 Å². The Hall–Kier alpha value is -1.91. The van der Waals surface area contributed by atoms with Gasteiger partial charge in [-0.15, -0.1) is 0 Å². The molecule has 0 saturated carbocycles. The second-order valence-corrected chi connectivity index (χ2v) is 4.76. The van der Waals surface area contributed by atoms with Gasteiger partial charge in [0.2, 0.25) is 0 Å². The van der Waals surface area contributed by atoms with Crippen LogP contribution in [0.1, 0.15) is 10.4 Å². The maximum atomic E-state index is 11.3. The van der Waals surface area contributed by atoms with Crippen LogP contribution >= 0.6 is 23.2 Å². The maximum Gasteiger partial charge on any atom is 0.250 e. The molecule has 5 N–H and O–H groups in total. The van der Waals surface area contributed by atoms with Crippen molar-refractivity contribution in [3.63, 3.8) is 0 Å². The number of nitrogens with two attached hydrogens (primary N) is 2. The molecule has 0 heterocycles. The van der Waals surface area contributed by atoms with Gasteiger partial charge in [0.15, 0.2) is 0 Å². The number of nitrogen functional groups attached to an aromatic ring is 1. The van der Waals surface area contributed by atoms with Gasteiger partial charge in [0.25, 0.3) is 5.91 Å². The predicted octanol–water partition coefficient (Wildman–Crippen LogP) is 3.42. The summed E-state index contributed by atoms with van der Waals surface area (Å²) in [4.78, 5) is 11.3. The molecule has 6 heteroatoms. The third kappa shape index (κ3) is 3.10. The van der Waals surface area contributed by atoms with E-state index in [9.17, 15) is 4.79 Å². The van der Waals surface area contributed by atoms with E-state index < -0.39 is 5.91 Å². The van der Waals surface area contributed by atoms with Crippen molar-refractivity contribution in [1.29, 1.82) is 0 Å². The van der Waals surface area contributed by atoms with Crippen molar-refractivity contribution >= 4 is 46.2 Å². The molecule has 0 fully saturated rings. The molecule has 0 spiro atoms. The first-order valence-corrected chi connectivity index (χ1v) is 6.14. The Morgan fingerprint density at radius 1 is 1.05 bits per heavy atom. The molecule has 0 bridgehead atoms. The van der Waals surface area contributed by atoms with Crippen molar-refractivity contribution in [2.45, 2.75) is 0 Å². The average Bonchev–Trinajstić information content (AvgIpc) is 2.32. The lowest BCUT2D eigenvalue weighted by Crippen LogP contribution is -2.13. The van der Waals surface area contributed by atoms with E-state index in [1.54, 1.807) is 36.4 Å². The van der Waals surface area contributed by atoms with Gasteiger partial charge in [0.05, 0.1) is 22.0 Å². The van der Waals surface area contributed by atoms with Gasteiger partial charge >= 0.3 is 0 Å². The van der Waals surface area contributed by atoms with Gasteiger partial charge in [0.1, 0.15) is 0 Å². The highest BCUT2D eigenvalue weighted by atomic mass is 35.5. The molecule has 4 nitrogen and oxygen atoms in total. The number of primary amides is 1. The lowest BCUT2D eigenvalue weighted by molar-refractivity contribution is 0.100. The van der Waals surface area contributed by atoms with Crippen LogP contribution in [0.25, 0.3) is 0 Å². The Balaban J connectivity index is 2.42. The summed E-state index contributed by atoms with van der Waals surface area (Å²) in [5.41, 5.74) is 13.0. The van der Waals surface area contributed by atoms with Crippen LogP contribution in [0.5, 0.6) is 0 Å². The van der Waals surface area contributed by atoms with Gasteiger partial charge in [-0.3, -0.25) is 4.79 Å². The number of carbonyl (C=O) groups is 1. The molecular weight excluding hydrogens is 285 g/mol. The standard InChI is InChI=1S/C13H11Cl2N3O/c14-7-1-4-11(10(15)5-7)18-12-6-8(16)2-3-9(12)13(17)19/h1-6,18H,16H2,(H2,17,19). The number of carbonyl (C=O) groups excluding carboxylic acids is 1. The SMILES string of the molecule is NC(=O)c1ccc(N)cc1Nc1ccc(Cl)cc1Cl. The van der Waals surface area contributed by atoms with Gasteiger partial charge in [-0.05, 0) is 36.4 Å². The first kappa shape index (κ1) is 13.5. The van der Waals surface area contributed by atoms with Crippen molar-refractivity contribution in [3.8, 4) is 0 Å². The smallest absolute Gasteiger partial charge is 0.250 e. The minimum Gasteiger partial charge on any atom is -0.399 e. The van der Waals surface area contributed by atoms with Gasteiger partial charge in [-0.2, -0.15) is 0 Å². The normalized spacial score (nSPS) is 10.2. The van der Waals surface area contributed by atoms with E-state index in [1.807, 2.05) is 0 Å². The van der Waals surface area contributed by atoms with E-state index in [1.165, 1.54) is 0 Å². The molecule has 2 aromatic rings. The predicted molar refractivity (Wildman–Crippen MR) is 79.1 cm³/mol. The Labute approximate surface area is 120 Å². The summed E-state index contributed by atoms with van der Waals surface area (Å²) in [5, 5.41) is 3.98. The molecule has 2 aromatic carbocycles. The van der Waals surface area contributed by atoms with Crippen molar-refractivity contribution < 1.29 is 4.79 Å². The lowest BCUT2D eigenvalue weighted by atomic mass is 10.1. The zero-order valence-corrected chi connectivity index (χ0v) is 11.3. The molecule has 19 heavy (non-hydrogen) atoms. The molecule has 0 atom stereocenters. The summed E-state index contributed by atoms with van der Waals surface area (Å²) in [6.45, 7) is 0. The van der Waals surface area contributed by atoms with Crippen LogP contribution in [0.2, 0.25) is 10.0 Å². The molecule has 0 unspecified atom stereocenters. The fourth-order valence-electron chi connectivity index (χ4n) is 1.62. The number of benzene rings is 2. The monoisotopic (exact) mass is 295 g/mol. The minimum absolute atomic E-state index is 0.334. The number of nitrogens with one attached hydrogen (secondary N) is 1. The molecule has 0 aliphatic heterocycles. The highest BCUT2D eigenvalue weighted by Crippen LogP contribution is 2.30. The lowest BCUT2D eigenvalue weighted by Gasteiger charge is -2.12. The second kappa shape index (κ2) is 5.38. The molecule has 0 aliphatic carbocycles. The summed E-state index contributed by atoms with van der Waals surface area (Å²) < 4.78 is 0. The first-order valence-electron chi connectivity index (χ1n) is 5.39. The Bertz CT molecular complexity index is 644. The minimum atomic E-state index is -0.549. The average molecular weight is 296 g/mol. The Kier molecular flexibility index (Phi) is 3.83. The van der Waals surface area contributed by atoms with Crippen molar-refractivity contribution in [3.05, 3.63) is 52.0 Å². The second-order valence-electron chi connectivity index (χ2n) is 3.92. The summed E-state index contributed by atoms with van der Waals surface area (Å²) in [6.07, 6.45) is 0. The van der Waals surface area contributed by atoms with Crippen LogP contribution in [0.3, 0.4) is 0 Å². The quantitative estimate of drug-likeness (QED) is 0.759. The number of hydrogen-bond acceptors (Lipinski definition) is 3. The van der Waals surface area contributed by atoms with E-state index in [0.717, 1.165) is 0 Å². The number of hydrogen-bond donors (Lipinski definition) is 3. The molecule has 0 radical (unpaired) electrons. The highest BCUT2D eigenvalue weighted by Gasteiger charge is 2.10. The molecular formula is C13H11Cl2N3O. The molecule has 98 valence electrons. The van der Waals surface area contributed by atoms with Gasteiger partial charge in [0, 0.05) is 10.7 Å². The van der Waals surface area contributed by atoms with Crippen LogP contribution in [0, 0.1) is 0 Å². The number of halogens is 2. The van der Waals surface area contributed by atoms with E-state index in [0.29, 0.717) is 32.7 Å². The molecule has 0 aliphatic rings. The summed E-state index contributed by atoms with van der Waals surface area (Å²) in [7, 11) is 0. The zero-order chi connectivity index (χ0) is 14.0. The molecule has 2 rings (SSSR count). The van der Waals surface area contributed by atoms with E-state index in [2.05, 4.69) is 5.32 Å². The third-order valence-corrected chi connectivity index (χ3v) is 3.06. The van der Waals surface area contributed by atoms with E-state index >= 15 is 0 Å². The van der Waals surface area contributed by atoms with Crippen molar-refractivity contribution in [2.24, 2.45) is 5.73 Å². The summed E-state index contributed by atoms with van der Waals surface area (Å²) >= 11 is 11.9. The van der Waals surface area contributed by atoms with Gasteiger partial charge in [-0.25, -0.2) is 0 Å². The largest absolute Gasteiger partial charge is 0.399 e. The van der Waals surface area contributed by atoms with Crippen LogP contribution in [0.15, 0.2) is 36.4 Å². The Morgan fingerprint density at radius 3 is 2.42 bits per heavy atom. The molecule has 1 amide bonds. The third-order valence-electron chi connectivity index (χ3n) is 2.51. The van der Waals surface area contributed by atoms with Crippen LogP contribution < -0.4 is 16.8 Å². The van der Waals surface area contributed by atoms with Gasteiger partial charge < -0.3 is 16.8 Å². The topological polar surface area (TPSA) is 81.1 Å². The molecule has 0 saturated heterocycles. The number of anilines is 3. The van der Waals surface area contributed by atoms with Crippen molar-refractivity contribution in [2.75, 3.05) is 11.1 Å².